The highest BCUT2D eigenvalue weighted by Crippen LogP contribution is 2.68. The van der Waals surface area contributed by atoms with Crippen molar-refractivity contribution >= 4 is 0 Å². The van der Waals surface area contributed by atoms with Gasteiger partial charge in [0.25, 0.3) is 0 Å². The minimum Gasteiger partial charge on any atom is -0.504 e. The van der Waals surface area contributed by atoms with E-state index in [9.17, 15) is 10.2 Å². The Hall–Kier alpha value is -1.18. The van der Waals surface area contributed by atoms with Crippen molar-refractivity contribution in [3.8, 4) is 11.5 Å². The number of benzene rings is 1. The molecule has 0 amide bonds. The molecular formula is C22H32O2. The third kappa shape index (κ3) is 1.83. The molecule has 0 aromatic heterocycles. The van der Waals surface area contributed by atoms with Crippen molar-refractivity contribution < 1.29 is 10.2 Å². The van der Waals surface area contributed by atoms with E-state index in [0.29, 0.717) is 16.7 Å². The number of hydrogen-bond donors (Lipinski definition) is 2. The fraction of sp³-hybridized carbons (Fsp3) is 0.727. The van der Waals surface area contributed by atoms with Gasteiger partial charge in [-0.1, -0.05) is 34.1 Å². The minimum absolute atomic E-state index is 0.0548. The molecule has 0 heterocycles. The lowest BCUT2D eigenvalue weighted by Gasteiger charge is -2.61. The Morgan fingerprint density at radius 1 is 1.00 bits per heavy atom. The van der Waals surface area contributed by atoms with Gasteiger partial charge in [0.2, 0.25) is 0 Å². The molecular weight excluding hydrogens is 296 g/mol. The van der Waals surface area contributed by atoms with Crippen molar-refractivity contribution in [2.24, 2.45) is 22.7 Å². The van der Waals surface area contributed by atoms with Crippen LogP contribution in [0.25, 0.3) is 0 Å². The Morgan fingerprint density at radius 3 is 2.42 bits per heavy atom. The third-order valence-electron chi connectivity index (χ3n) is 8.35. The summed E-state index contributed by atoms with van der Waals surface area (Å²) in [5.74, 6) is 1.53. The number of aryl methyl sites for hydroxylation is 1. The van der Waals surface area contributed by atoms with Gasteiger partial charge in [0, 0.05) is 5.56 Å². The van der Waals surface area contributed by atoms with Crippen LogP contribution in [0.4, 0.5) is 0 Å². The monoisotopic (exact) mass is 328 g/mol. The first-order valence-corrected chi connectivity index (χ1v) is 9.66. The maximum atomic E-state index is 10.5. The molecule has 2 saturated carbocycles. The van der Waals surface area contributed by atoms with Crippen molar-refractivity contribution in [2.45, 2.75) is 78.6 Å². The Morgan fingerprint density at radius 2 is 1.71 bits per heavy atom. The van der Waals surface area contributed by atoms with Crippen LogP contribution in [0.15, 0.2) is 6.07 Å². The van der Waals surface area contributed by atoms with Gasteiger partial charge in [0.1, 0.15) is 0 Å². The van der Waals surface area contributed by atoms with Gasteiger partial charge in [-0.15, -0.1) is 0 Å². The van der Waals surface area contributed by atoms with E-state index >= 15 is 0 Å². The van der Waals surface area contributed by atoms with Crippen LogP contribution in [0.5, 0.6) is 11.5 Å². The molecule has 2 N–H and O–H groups in total. The molecule has 24 heavy (non-hydrogen) atoms. The van der Waals surface area contributed by atoms with E-state index in [4.69, 9.17) is 0 Å². The molecule has 2 heteroatoms. The number of fused-ring (bicyclic) bond motifs is 5. The molecule has 3 aliphatic carbocycles. The van der Waals surface area contributed by atoms with E-state index in [1.807, 2.05) is 0 Å². The maximum absolute atomic E-state index is 10.5. The second kappa shape index (κ2) is 4.71. The number of aromatic hydroxyl groups is 2. The van der Waals surface area contributed by atoms with E-state index in [1.54, 1.807) is 6.07 Å². The van der Waals surface area contributed by atoms with E-state index in [-0.39, 0.29) is 16.9 Å². The van der Waals surface area contributed by atoms with Gasteiger partial charge in [-0.3, -0.25) is 0 Å². The zero-order valence-electron chi connectivity index (χ0n) is 15.9. The van der Waals surface area contributed by atoms with Gasteiger partial charge in [-0.05, 0) is 84.3 Å². The summed E-state index contributed by atoms with van der Waals surface area (Å²) >= 11 is 0. The Labute approximate surface area is 146 Å². The molecule has 2 nitrogen and oxygen atoms in total. The van der Waals surface area contributed by atoms with Crippen molar-refractivity contribution in [2.75, 3.05) is 0 Å². The highest BCUT2D eigenvalue weighted by atomic mass is 16.3. The van der Waals surface area contributed by atoms with Gasteiger partial charge in [-0.25, -0.2) is 0 Å². The molecule has 0 radical (unpaired) electrons. The molecule has 0 aliphatic heterocycles. The Bertz CT molecular complexity index is 704. The van der Waals surface area contributed by atoms with Crippen molar-refractivity contribution in [3.63, 3.8) is 0 Å². The Kier molecular flexibility index (Phi) is 3.20. The summed E-state index contributed by atoms with van der Waals surface area (Å²) in [6, 6.07) is 1.76. The van der Waals surface area contributed by atoms with Crippen molar-refractivity contribution in [1.82, 2.24) is 0 Å². The first-order valence-electron chi connectivity index (χ1n) is 9.66. The highest BCUT2D eigenvalue weighted by molar-refractivity contribution is 5.59. The summed E-state index contributed by atoms with van der Waals surface area (Å²) in [7, 11) is 0. The lowest BCUT2D eigenvalue weighted by Crippen LogP contribution is -2.55. The van der Waals surface area contributed by atoms with Gasteiger partial charge in [-0.2, -0.15) is 0 Å². The van der Waals surface area contributed by atoms with Crippen LogP contribution in [-0.4, -0.2) is 10.2 Å². The molecule has 0 saturated heterocycles. The maximum Gasteiger partial charge on any atom is 0.160 e. The van der Waals surface area contributed by atoms with Crippen LogP contribution in [0, 0.1) is 29.6 Å². The minimum atomic E-state index is 0.0548. The molecule has 2 fully saturated rings. The Balaban J connectivity index is 1.87. The predicted octanol–water partition coefficient (Wildman–Crippen LogP) is 5.46. The molecule has 0 bridgehead atoms. The lowest BCUT2D eigenvalue weighted by molar-refractivity contribution is -0.0983. The number of hydrogen-bond acceptors (Lipinski definition) is 2. The van der Waals surface area contributed by atoms with Gasteiger partial charge < -0.3 is 10.2 Å². The van der Waals surface area contributed by atoms with E-state index in [0.717, 1.165) is 23.5 Å². The average molecular weight is 328 g/mol. The van der Waals surface area contributed by atoms with E-state index in [1.165, 1.54) is 37.7 Å². The zero-order valence-corrected chi connectivity index (χ0v) is 15.9. The van der Waals surface area contributed by atoms with Crippen LogP contribution in [0.2, 0.25) is 0 Å². The highest BCUT2D eigenvalue weighted by Gasteiger charge is 2.61. The summed E-state index contributed by atoms with van der Waals surface area (Å²) in [4.78, 5) is 0. The van der Waals surface area contributed by atoms with Gasteiger partial charge in [0.05, 0.1) is 0 Å². The molecule has 1 aromatic carbocycles. The molecule has 1 unspecified atom stereocenters. The molecule has 0 spiro atoms. The first kappa shape index (κ1) is 16.3. The number of phenols is 2. The summed E-state index contributed by atoms with van der Waals surface area (Å²) < 4.78 is 0. The fourth-order valence-corrected chi connectivity index (χ4v) is 7.46. The topological polar surface area (TPSA) is 40.5 Å². The van der Waals surface area contributed by atoms with Crippen LogP contribution < -0.4 is 0 Å². The van der Waals surface area contributed by atoms with E-state index in [2.05, 4.69) is 34.6 Å². The van der Waals surface area contributed by atoms with Gasteiger partial charge >= 0.3 is 0 Å². The molecule has 3 aliphatic rings. The SMILES string of the molecule is Cc1cc(O)c(O)c2c1[C@]1(C)CCC3C(C)(C)CCC[C@]3(C)[C@H]1C2. The average Bonchev–Trinajstić information content (AvgIpc) is 2.79. The zero-order chi connectivity index (χ0) is 17.5. The number of rotatable bonds is 0. The van der Waals surface area contributed by atoms with E-state index < -0.39 is 0 Å². The summed E-state index contributed by atoms with van der Waals surface area (Å²) in [6.07, 6.45) is 7.39. The largest absolute Gasteiger partial charge is 0.504 e. The van der Waals surface area contributed by atoms with Gasteiger partial charge in [0.15, 0.2) is 11.5 Å². The summed E-state index contributed by atoms with van der Waals surface area (Å²) in [5.41, 5.74) is 4.42. The normalized spacial score (nSPS) is 39.9. The van der Waals surface area contributed by atoms with Crippen LogP contribution >= 0.6 is 0 Å². The standard InChI is InChI=1S/C22H32O2/c1-13-11-15(23)19(24)14-12-17-21(4)9-6-8-20(2,3)16(21)7-10-22(17,5)18(13)14/h11,16-17,23-24H,6-10,12H2,1-5H3/t16?,17-,21+,22-/m1/s1. The van der Waals surface area contributed by atoms with Crippen molar-refractivity contribution in [3.05, 3.63) is 22.8 Å². The first-order chi connectivity index (χ1) is 11.1. The molecule has 132 valence electrons. The second-order valence-electron chi connectivity index (χ2n) is 10.0. The third-order valence-corrected chi connectivity index (χ3v) is 8.35. The summed E-state index contributed by atoms with van der Waals surface area (Å²) in [5, 5.41) is 20.6. The molecule has 4 atom stereocenters. The molecule has 1 aromatic rings. The quantitative estimate of drug-likeness (QED) is 0.621. The predicted molar refractivity (Wildman–Crippen MR) is 97.5 cm³/mol. The fourth-order valence-electron chi connectivity index (χ4n) is 7.46. The lowest BCUT2D eigenvalue weighted by atomic mass is 9.43. The molecule has 4 rings (SSSR count). The van der Waals surface area contributed by atoms with Crippen LogP contribution in [0.3, 0.4) is 0 Å². The number of phenolic OH excluding ortho intramolecular Hbond substituents is 2. The van der Waals surface area contributed by atoms with Crippen LogP contribution in [-0.2, 0) is 11.8 Å². The second-order valence-corrected chi connectivity index (χ2v) is 10.0. The smallest absolute Gasteiger partial charge is 0.160 e. The van der Waals surface area contributed by atoms with Crippen LogP contribution in [0.1, 0.15) is 76.5 Å². The van der Waals surface area contributed by atoms with Crippen molar-refractivity contribution in [1.29, 1.82) is 0 Å². The summed E-state index contributed by atoms with van der Waals surface area (Å²) in [6.45, 7) is 12.0.